The largest absolute Gasteiger partial charge is 0.479 e. The highest BCUT2D eigenvalue weighted by Gasteiger charge is 2.48. The zero-order valence-electron chi connectivity index (χ0n) is 36.3. The Kier molecular flexibility index (Phi) is 19.1. The number of rotatable bonds is 21. The van der Waals surface area contributed by atoms with Gasteiger partial charge in [-0.1, -0.05) is 60.1 Å². The molecule has 2 aliphatic rings. The van der Waals surface area contributed by atoms with Gasteiger partial charge in [0.2, 0.25) is 5.91 Å². The van der Waals surface area contributed by atoms with E-state index in [1.54, 1.807) is 4.90 Å². The fourth-order valence-corrected chi connectivity index (χ4v) is 7.76. The number of amides is 2. The molecule has 2 fully saturated rings. The van der Waals surface area contributed by atoms with Crippen LogP contribution in [0, 0.1) is 0 Å². The van der Waals surface area contributed by atoms with Gasteiger partial charge in [0.15, 0.2) is 40.7 Å². The highest BCUT2D eigenvalue weighted by molar-refractivity contribution is 6.31. The summed E-state index contributed by atoms with van der Waals surface area (Å²) < 4.78 is 10.8. The van der Waals surface area contributed by atoms with Crippen molar-refractivity contribution in [3.05, 3.63) is 70.5 Å². The van der Waals surface area contributed by atoms with Crippen LogP contribution in [0.25, 0.3) is 11.1 Å². The number of nitrogen functional groups attached to an aromatic ring is 2. The molecule has 0 spiro atoms. The smallest absolute Gasteiger partial charge is 0.335 e. The number of aliphatic imine (C=N–C) groups is 1. The van der Waals surface area contributed by atoms with Gasteiger partial charge in [-0.15, -0.1) is 0 Å². The molecule has 2 saturated heterocycles. The van der Waals surface area contributed by atoms with Crippen LogP contribution in [0.3, 0.4) is 0 Å². The highest BCUT2D eigenvalue weighted by Crippen LogP contribution is 2.27. The van der Waals surface area contributed by atoms with Gasteiger partial charge in [0.1, 0.15) is 36.6 Å². The number of carbonyl (C=O) groups excluding carboxylic acids is 2. The Morgan fingerprint density at radius 3 is 1.70 bits per heavy atom. The van der Waals surface area contributed by atoms with Crippen LogP contribution in [0.15, 0.2) is 53.5 Å². The summed E-state index contributed by atoms with van der Waals surface area (Å²) in [7, 11) is 0. The minimum Gasteiger partial charge on any atom is -0.479 e. The van der Waals surface area contributed by atoms with Crippen molar-refractivity contribution in [3.63, 3.8) is 0 Å². The predicted molar refractivity (Wildman–Crippen MR) is 240 cm³/mol. The summed E-state index contributed by atoms with van der Waals surface area (Å²) in [6, 6.07) is 16.0. The molecule has 0 radical (unpaired) electrons. The number of guanidine groups is 1. The molecule has 16 N–H and O–H groups in total. The Bertz CT molecular complexity index is 2140. The molecule has 5 rings (SSSR count). The SMILES string of the molecule is NC(=NCCCCc1ccc(-c2ccc(CCC(=O)NCCN(CC[C@H]3O[C@H](C(=O)O)[C@@H](O)[C@H](O)[C@H]3O)CC[C@H]3O[C@H](C(=O)O)[C@@H](O)[C@H](O)[C@H]3O)cc2)cc1)NC(=O)c1nc(Cl)c(N)nc1N. The maximum atomic E-state index is 12.9. The highest BCUT2D eigenvalue weighted by atomic mass is 35.5. The van der Waals surface area contributed by atoms with Crippen molar-refractivity contribution in [2.24, 2.45) is 10.7 Å². The Labute approximate surface area is 389 Å². The molecule has 24 heteroatoms. The number of nitrogens with one attached hydrogen (secondary N) is 2. The maximum absolute atomic E-state index is 12.9. The predicted octanol–water partition coefficient (Wildman–Crippen LogP) is -1.97. The van der Waals surface area contributed by atoms with Gasteiger partial charge in [0.05, 0.1) is 12.2 Å². The number of ether oxygens (including phenoxy) is 2. The third-order valence-corrected chi connectivity index (χ3v) is 11.8. The lowest BCUT2D eigenvalue weighted by Gasteiger charge is -2.40. The number of aliphatic carboxylic acids is 2. The summed E-state index contributed by atoms with van der Waals surface area (Å²) >= 11 is 5.83. The Morgan fingerprint density at radius 2 is 1.19 bits per heavy atom. The van der Waals surface area contributed by atoms with E-state index >= 15 is 0 Å². The van der Waals surface area contributed by atoms with Gasteiger partial charge in [-0.3, -0.25) is 19.9 Å². The number of carboxylic acid groups (broad SMARTS) is 2. The number of nitrogens with two attached hydrogens (primary N) is 3. The maximum Gasteiger partial charge on any atom is 0.335 e. The van der Waals surface area contributed by atoms with Crippen LogP contribution in [-0.4, -0.2) is 179 Å². The van der Waals surface area contributed by atoms with Crippen LogP contribution in [0.2, 0.25) is 5.15 Å². The first-order valence-corrected chi connectivity index (χ1v) is 21.9. The number of aliphatic hydroxyl groups is 6. The van der Waals surface area contributed by atoms with Gasteiger partial charge in [-0.25, -0.2) is 19.6 Å². The number of anilines is 2. The molecule has 0 unspecified atom stereocenters. The first-order chi connectivity index (χ1) is 31.8. The van der Waals surface area contributed by atoms with Crippen molar-refractivity contribution in [1.29, 1.82) is 0 Å². The molecule has 0 aliphatic carbocycles. The van der Waals surface area contributed by atoms with Gasteiger partial charge in [0.25, 0.3) is 5.91 Å². The second-order valence-corrected chi connectivity index (χ2v) is 16.6. The number of hydrogen-bond donors (Lipinski definition) is 13. The summed E-state index contributed by atoms with van der Waals surface area (Å²) in [5.41, 5.74) is 20.9. The third-order valence-electron chi connectivity index (χ3n) is 11.5. The molecule has 10 atom stereocenters. The fourth-order valence-electron chi connectivity index (χ4n) is 7.63. The molecule has 3 heterocycles. The zero-order chi connectivity index (χ0) is 48.9. The van der Waals surface area contributed by atoms with E-state index in [0.29, 0.717) is 19.4 Å². The molecule has 366 valence electrons. The van der Waals surface area contributed by atoms with Crippen molar-refractivity contribution in [1.82, 2.24) is 25.5 Å². The van der Waals surface area contributed by atoms with E-state index in [9.17, 15) is 60.0 Å². The van der Waals surface area contributed by atoms with Crippen LogP contribution in [-0.2, 0) is 36.7 Å². The van der Waals surface area contributed by atoms with Gasteiger partial charge in [0, 0.05) is 39.1 Å². The van der Waals surface area contributed by atoms with Crippen LogP contribution in [0.1, 0.15) is 53.7 Å². The minimum atomic E-state index is -1.86. The molecule has 23 nitrogen and oxygen atoms in total. The number of nitrogens with zero attached hydrogens (tertiary/aromatic N) is 4. The first kappa shape index (κ1) is 52.4. The lowest BCUT2D eigenvalue weighted by Crippen LogP contribution is -2.60. The molecule has 2 aromatic carbocycles. The van der Waals surface area contributed by atoms with Gasteiger partial charge in [-0.2, -0.15) is 0 Å². The quantitative estimate of drug-likeness (QED) is 0.0313. The minimum absolute atomic E-state index is 0.0358. The number of unbranched alkanes of at least 4 members (excludes halogenated alkanes) is 1. The Hall–Kier alpha value is -5.60. The van der Waals surface area contributed by atoms with Crippen molar-refractivity contribution in [3.8, 4) is 11.1 Å². The molecular formula is C43H58ClN9O14. The van der Waals surface area contributed by atoms with Gasteiger partial charge < -0.3 is 77.7 Å². The van der Waals surface area contributed by atoms with E-state index in [2.05, 4.69) is 25.6 Å². The second kappa shape index (κ2) is 24.4. The van der Waals surface area contributed by atoms with Crippen LogP contribution in [0.5, 0.6) is 0 Å². The number of carbonyl (C=O) groups is 4. The summed E-state index contributed by atoms with van der Waals surface area (Å²) in [5, 5.41) is 85.7. The van der Waals surface area contributed by atoms with E-state index in [1.165, 1.54) is 0 Å². The molecule has 2 amide bonds. The average molecular weight is 960 g/mol. The molecule has 2 aliphatic heterocycles. The van der Waals surface area contributed by atoms with E-state index < -0.39 is 78.9 Å². The molecule has 3 aromatic rings. The fraction of sp³-hybridized carbons (Fsp3) is 0.512. The lowest BCUT2D eigenvalue weighted by atomic mass is 9.92. The molecular weight excluding hydrogens is 902 g/mol. The third kappa shape index (κ3) is 14.4. The van der Waals surface area contributed by atoms with Crippen molar-refractivity contribution in [2.45, 2.75) is 106 Å². The number of carboxylic acids is 2. The van der Waals surface area contributed by atoms with Crippen molar-refractivity contribution in [2.75, 3.05) is 44.2 Å². The summed E-state index contributed by atoms with van der Waals surface area (Å²) in [4.78, 5) is 62.1. The van der Waals surface area contributed by atoms with Crippen molar-refractivity contribution >= 4 is 52.9 Å². The number of benzene rings is 2. The number of aliphatic hydroxyl groups excluding tert-OH is 6. The summed E-state index contributed by atoms with van der Waals surface area (Å²) in [6.45, 7) is 0.876. The monoisotopic (exact) mass is 959 g/mol. The molecule has 1 aromatic heterocycles. The topological polar surface area (TPSA) is 392 Å². The van der Waals surface area contributed by atoms with Crippen LogP contribution in [0.4, 0.5) is 11.6 Å². The van der Waals surface area contributed by atoms with E-state index in [1.807, 2.05) is 48.5 Å². The molecule has 67 heavy (non-hydrogen) atoms. The first-order valence-electron chi connectivity index (χ1n) is 21.6. The zero-order valence-corrected chi connectivity index (χ0v) is 37.1. The van der Waals surface area contributed by atoms with Gasteiger partial charge in [-0.05, 0) is 60.8 Å². The number of aryl methyl sites for hydroxylation is 2. The number of halogens is 1. The van der Waals surface area contributed by atoms with Crippen molar-refractivity contribution < 1.29 is 69.5 Å². The van der Waals surface area contributed by atoms with E-state index in [-0.39, 0.29) is 79.8 Å². The summed E-state index contributed by atoms with van der Waals surface area (Å²) in [6.07, 6.45) is -13.7. The van der Waals surface area contributed by atoms with Crippen LogP contribution < -0.4 is 27.8 Å². The second-order valence-electron chi connectivity index (χ2n) is 16.3. The number of hydrogen-bond acceptors (Lipinski definition) is 18. The molecule has 0 saturated carbocycles. The van der Waals surface area contributed by atoms with Crippen LogP contribution >= 0.6 is 11.6 Å². The summed E-state index contributed by atoms with van der Waals surface area (Å²) in [5.74, 6) is -4.41. The van der Waals surface area contributed by atoms with E-state index in [4.69, 9.17) is 38.3 Å². The Morgan fingerprint density at radius 1 is 0.687 bits per heavy atom. The Balaban J connectivity index is 1.06. The average Bonchev–Trinajstić information content (AvgIpc) is 3.29. The number of aromatic nitrogens is 2. The normalized spacial score (nSPS) is 25.4. The lowest BCUT2D eigenvalue weighted by molar-refractivity contribution is -0.230. The van der Waals surface area contributed by atoms with Gasteiger partial charge >= 0.3 is 11.9 Å². The molecule has 0 bridgehead atoms. The van der Waals surface area contributed by atoms with E-state index in [0.717, 1.165) is 35.1 Å². The standard InChI is InChI=1S/C43H58ClN9O14/c44-37-39(46)51-38(45)28(50-37)40(61)52-43(47)49-16-2-1-3-21-4-9-23(10-5-21)24-11-6-22(7-12-24)8-13-27(54)48-17-20-53(18-14-25-29(55)31(57)33(59)35(66-25)41(62)63)19-15-26-30(56)32(58)34(60)36(67-26)42(64)65/h4-7,9-12,25-26,29-36,55-60H,1-3,8,13-20H2,(H,48,54)(H,62,63)(H,64,65)(H4,45,46,51)(H3,47,49,52,61)/t25-,26-,29+,30+,31-,32-,33+,34+,35+,36+/m1/s1.